The van der Waals surface area contributed by atoms with Crippen LogP contribution in [0.4, 0.5) is 0 Å². The summed E-state index contributed by atoms with van der Waals surface area (Å²) in [6, 6.07) is 6.79. The molecule has 0 radical (unpaired) electrons. The van der Waals surface area contributed by atoms with Gasteiger partial charge in [-0.2, -0.15) is 4.31 Å². The fraction of sp³-hybridized carbons (Fsp3) is 0.650. The molecule has 27 heavy (non-hydrogen) atoms. The zero-order valence-electron chi connectivity index (χ0n) is 16.7. The number of hydrogen-bond acceptors (Lipinski definition) is 4. The van der Waals surface area contributed by atoms with Gasteiger partial charge in [0.25, 0.3) is 0 Å². The highest BCUT2D eigenvalue weighted by Crippen LogP contribution is 2.26. The largest absolute Gasteiger partial charge is 0.352 e. The predicted molar refractivity (Wildman–Crippen MR) is 108 cm³/mol. The maximum Gasteiger partial charge on any atom is 0.243 e. The fourth-order valence-corrected chi connectivity index (χ4v) is 5.21. The van der Waals surface area contributed by atoms with Gasteiger partial charge in [-0.1, -0.05) is 32.9 Å². The summed E-state index contributed by atoms with van der Waals surface area (Å²) in [7, 11) is -3.45. The highest BCUT2D eigenvalue weighted by Gasteiger charge is 2.33. The van der Waals surface area contributed by atoms with Gasteiger partial charge in [-0.15, -0.1) is 0 Å². The van der Waals surface area contributed by atoms with E-state index in [4.69, 9.17) is 5.73 Å². The molecule has 1 fully saturated rings. The first-order valence-corrected chi connectivity index (χ1v) is 11.3. The van der Waals surface area contributed by atoms with E-state index in [0.29, 0.717) is 49.8 Å². The molecule has 0 bridgehead atoms. The molecule has 6 nitrogen and oxygen atoms in total. The summed E-state index contributed by atoms with van der Waals surface area (Å²) in [6.45, 7) is 7.86. The molecular weight excluding hydrogens is 362 g/mol. The summed E-state index contributed by atoms with van der Waals surface area (Å²) in [5.41, 5.74) is 6.15. The Balaban J connectivity index is 2.04. The van der Waals surface area contributed by atoms with Gasteiger partial charge in [0.1, 0.15) is 0 Å². The van der Waals surface area contributed by atoms with Gasteiger partial charge >= 0.3 is 0 Å². The van der Waals surface area contributed by atoms with E-state index in [1.807, 2.05) is 13.8 Å². The van der Waals surface area contributed by atoms with Crippen molar-refractivity contribution in [2.24, 2.45) is 17.1 Å². The number of benzene rings is 1. The maximum absolute atomic E-state index is 12.8. The van der Waals surface area contributed by atoms with Gasteiger partial charge in [-0.05, 0) is 49.3 Å². The second kappa shape index (κ2) is 9.17. The number of carbonyl (C=O) groups is 1. The predicted octanol–water partition coefficient (Wildman–Crippen LogP) is 2.49. The molecule has 1 aromatic carbocycles. The van der Waals surface area contributed by atoms with Crippen LogP contribution in [0.1, 0.15) is 52.0 Å². The highest BCUT2D eigenvalue weighted by atomic mass is 32.2. The van der Waals surface area contributed by atoms with E-state index in [2.05, 4.69) is 12.2 Å². The van der Waals surface area contributed by atoms with Crippen LogP contribution >= 0.6 is 0 Å². The maximum atomic E-state index is 12.8. The second-order valence-corrected chi connectivity index (χ2v) is 9.57. The number of sulfonamides is 1. The smallest absolute Gasteiger partial charge is 0.243 e. The Labute approximate surface area is 163 Å². The minimum Gasteiger partial charge on any atom is -0.352 e. The molecule has 1 atom stereocenters. The normalized spacial score (nSPS) is 19.0. The van der Waals surface area contributed by atoms with E-state index in [0.717, 1.165) is 18.4 Å². The minimum absolute atomic E-state index is 0.0472. The molecule has 0 saturated carbocycles. The van der Waals surface area contributed by atoms with Gasteiger partial charge in [-0.25, -0.2) is 8.42 Å². The van der Waals surface area contributed by atoms with Gasteiger partial charge in [0.15, 0.2) is 0 Å². The van der Waals surface area contributed by atoms with E-state index >= 15 is 0 Å². The number of nitrogens with zero attached hydrogens (tertiary/aromatic N) is 1. The van der Waals surface area contributed by atoms with Gasteiger partial charge in [-0.3, -0.25) is 4.79 Å². The number of hydrogen-bond donors (Lipinski definition) is 2. The molecule has 3 N–H and O–H groups in total. The van der Waals surface area contributed by atoms with Crippen molar-refractivity contribution in [3.05, 3.63) is 29.8 Å². The topological polar surface area (TPSA) is 92.5 Å². The lowest BCUT2D eigenvalue weighted by molar-refractivity contribution is -0.131. The molecule has 152 valence electrons. The molecule has 1 aliphatic rings. The molecule has 1 aromatic rings. The van der Waals surface area contributed by atoms with Crippen molar-refractivity contribution in [3.63, 3.8) is 0 Å². The number of rotatable bonds is 8. The molecule has 0 aliphatic carbocycles. The number of amides is 1. The zero-order chi connectivity index (χ0) is 20.1. The summed E-state index contributed by atoms with van der Waals surface area (Å²) in [5.74, 6) is 0.344. The average Bonchev–Trinajstić information content (AvgIpc) is 2.68. The highest BCUT2D eigenvalue weighted by molar-refractivity contribution is 7.89. The molecule has 7 heteroatoms. The SMILES string of the molecule is CCC(CC)(CN)C(=O)NCc1ccc(S(=O)(=O)N2CCCC(C)C2)cc1. The van der Waals surface area contributed by atoms with Crippen molar-refractivity contribution < 1.29 is 13.2 Å². The Morgan fingerprint density at radius 1 is 1.26 bits per heavy atom. The molecule has 1 heterocycles. The number of nitrogens with one attached hydrogen (secondary N) is 1. The van der Waals surface area contributed by atoms with Crippen LogP contribution in [-0.4, -0.2) is 38.3 Å². The van der Waals surface area contributed by atoms with Crippen molar-refractivity contribution in [3.8, 4) is 0 Å². The van der Waals surface area contributed by atoms with Gasteiger partial charge < -0.3 is 11.1 Å². The summed E-state index contributed by atoms with van der Waals surface area (Å²) in [6.07, 6.45) is 3.36. The molecule has 0 spiro atoms. The van der Waals surface area contributed by atoms with E-state index in [-0.39, 0.29) is 5.91 Å². The van der Waals surface area contributed by atoms with Crippen LogP contribution in [0.25, 0.3) is 0 Å². The van der Waals surface area contributed by atoms with Crippen molar-refractivity contribution in [2.45, 2.75) is 57.9 Å². The third-order valence-electron chi connectivity index (χ3n) is 5.86. The van der Waals surface area contributed by atoms with Crippen molar-refractivity contribution in [1.82, 2.24) is 9.62 Å². The fourth-order valence-electron chi connectivity index (χ4n) is 3.62. The first kappa shape index (κ1) is 21.9. The van der Waals surface area contributed by atoms with E-state index in [1.54, 1.807) is 28.6 Å². The van der Waals surface area contributed by atoms with Gasteiger partial charge in [0, 0.05) is 26.2 Å². The monoisotopic (exact) mass is 395 g/mol. The van der Waals surface area contributed by atoms with E-state index in [1.165, 1.54) is 0 Å². The van der Waals surface area contributed by atoms with Crippen LogP contribution in [-0.2, 0) is 21.4 Å². The molecule has 1 amide bonds. The molecule has 0 aromatic heterocycles. The summed E-state index contributed by atoms with van der Waals surface area (Å²) in [5, 5.41) is 2.94. The Hall–Kier alpha value is -1.44. The Bertz CT molecular complexity index is 719. The first-order chi connectivity index (χ1) is 12.8. The van der Waals surface area contributed by atoms with Crippen LogP contribution in [0.2, 0.25) is 0 Å². The zero-order valence-corrected chi connectivity index (χ0v) is 17.5. The van der Waals surface area contributed by atoms with Crippen LogP contribution in [0, 0.1) is 11.3 Å². The Morgan fingerprint density at radius 2 is 1.89 bits per heavy atom. The van der Waals surface area contributed by atoms with Crippen molar-refractivity contribution >= 4 is 15.9 Å². The quantitative estimate of drug-likeness (QED) is 0.707. The summed E-state index contributed by atoms with van der Waals surface area (Å²) < 4.78 is 27.2. The van der Waals surface area contributed by atoms with E-state index < -0.39 is 15.4 Å². The third-order valence-corrected chi connectivity index (χ3v) is 7.74. The first-order valence-electron chi connectivity index (χ1n) is 9.86. The lowest BCUT2D eigenvalue weighted by atomic mass is 9.81. The van der Waals surface area contributed by atoms with Crippen LogP contribution < -0.4 is 11.1 Å². The molecule has 1 unspecified atom stereocenters. The van der Waals surface area contributed by atoms with E-state index in [9.17, 15) is 13.2 Å². The number of piperidine rings is 1. The molecule has 2 rings (SSSR count). The molecular formula is C20H33N3O3S. The Morgan fingerprint density at radius 3 is 2.41 bits per heavy atom. The average molecular weight is 396 g/mol. The van der Waals surface area contributed by atoms with Crippen LogP contribution in [0.15, 0.2) is 29.2 Å². The second-order valence-electron chi connectivity index (χ2n) is 7.63. The van der Waals surface area contributed by atoms with Gasteiger partial charge in [0.05, 0.1) is 10.3 Å². The van der Waals surface area contributed by atoms with Crippen LogP contribution in [0.5, 0.6) is 0 Å². The minimum atomic E-state index is -3.45. The number of carbonyl (C=O) groups excluding carboxylic acids is 1. The van der Waals surface area contributed by atoms with Crippen molar-refractivity contribution in [1.29, 1.82) is 0 Å². The standard InChI is InChI=1S/C20H33N3O3S/c1-4-20(5-2,15-21)19(24)22-13-17-8-10-18(11-9-17)27(25,26)23-12-6-7-16(3)14-23/h8-11,16H,4-7,12-15,21H2,1-3H3,(H,22,24). The molecule has 1 saturated heterocycles. The summed E-state index contributed by atoms with van der Waals surface area (Å²) >= 11 is 0. The number of nitrogens with two attached hydrogens (primary N) is 1. The summed E-state index contributed by atoms with van der Waals surface area (Å²) in [4.78, 5) is 12.8. The Kier molecular flexibility index (Phi) is 7.42. The lowest BCUT2D eigenvalue weighted by Crippen LogP contribution is -2.45. The molecule has 1 aliphatic heterocycles. The third kappa shape index (κ3) is 4.89. The lowest BCUT2D eigenvalue weighted by Gasteiger charge is -2.30. The van der Waals surface area contributed by atoms with Crippen LogP contribution in [0.3, 0.4) is 0 Å². The van der Waals surface area contributed by atoms with Crippen molar-refractivity contribution in [2.75, 3.05) is 19.6 Å². The van der Waals surface area contributed by atoms with Gasteiger partial charge in [0.2, 0.25) is 15.9 Å².